The summed E-state index contributed by atoms with van der Waals surface area (Å²) in [4.78, 5) is 0. The Bertz CT molecular complexity index is 241. The molecule has 0 aliphatic carbocycles. The summed E-state index contributed by atoms with van der Waals surface area (Å²) in [6, 6.07) is 0. The molecule has 0 saturated carbocycles. The summed E-state index contributed by atoms with van der Waals surface area (Å²) < 4.78 is 11.4. The lowest BCUT2D eigenvalue weighted by molar-refractivity contribution is 0.125. The van der Waals surface area contributed by atoms with E-state index in [4.69, 9.17) is 9.47 Å². The van der Waals surface area contributed by atoms with Crippen LogP contribution in [0.2, 0.25) is 0 Å². The van der Waals surface area contributed by atoms with Gasteiger partial charge in [-0.15, -0.1) is 0 Å². The van der Waals surface area contributed by atoms with E-state index in [0.717, 1.165) is 26.4 Å². The van der Waals surface area contributed by atoms with Gasteiger partial charge in [-0.2, -0.15) is 0 Å². The highest BCUT2D eigenvalue weighted by Crippen LogP contribution is 2.12. The average Bonchev–Trinajstić information content (AvgIpc) is 2.74. The second-order valence-electron chi connectivity index (χ2n) is 8.75. The summed E-state index contributed by atoms with van der Waals surface area (Å²) in [5, 5.41) is 0. The van der Waals surface area contributed by atoms with Gasteiger partial charge in [-0.05, 0) is 32.1 Å². The molecule has 0 rings (SSSR count). The Balaban J connectivity index is 2.97. The van der Waals surface area contributed by atoms with E-state index >= 15 is 0 Å². The lowest BCUT2D eigenvalue weighted by Crippen LogP contribution is -1.97. The molecule has 0 amide bonds. The summed E-state index contributed by atoms with van der Waals surface area (Å²) in [5.74, 6) is 0. The molecule has 0 aliphatic heterocycles. The topological polar surface area (TPSA) is 18.5 Å². The van der Waals surface area contributed by atoms with Crippen LogP contribution >= 0.6 is 0 Å². The molecular formula is C27H55O2. The fourth-order valence-corrected chi connectivity index (χ4v) is 3.66. The number of ether oxygens (including phenoxy) is 2. The first kappa shape index (κ1) is 28.9. The van der Waals surface area contributed by atoms with Crippen molar-refractivity contribution >= 4 is 0 Å². The van der Waals surface area contributed by atoms with Crippen LogP contribution in [0.3, 0.4) is 0 Å². The Kier molecular flexibility index (Phi) is 27.8. The van der Waals surface area contributed by atoms with E-state index in [0.29, 0.717) is 0 Å². The van der Waals surface area contributed by atoms with Crippen molar-refractivity contribution < 1.29 is 9.47 Å². The van der Waals surface area contributed by atoms with Crippen LogP contribution in [-0.2, 0) is 9.47 Å². The van der Waals surface area contributed by atoms with Gasteiger partial charge in [-0.1, -0.05) is 117 Å². The molecule has 0 spiro atoms. The molecule has 175 valence electrons. The Labute approximate surface area is 184 Å². The monoisotopic (exact) mass is 411 g/mol. The maximum Gasteiger partial charge on any atom is 0.0466 e. The van der Waals surface area contributed by atoms with E-state index in [-0.39, 0.29) is 0 Å². The van der Waals surface area contributed by atoms with Crippen LogP contribution in [0.4, 0.5) is 0 Å². The molecular weight excluding hydrogens is 356 g/mol. The van der Waals surface area contributed by atoms with Gasteiger partial charge in [0.1, 0.15) is 0 Å². The quantitative estimate of drug-likeness (QED) is 0.132. The zero-order valence-electron chi connectivity index (χ0n) is 20.4. The van der Waals surface area contributed by atoms with Gasteiger partial charge in [0.2, 0.25) is 0 Å². The molecule has 0 heterocycles. The van der Waals surface area contributed by atoms with Gasteiger partial charge in [0.05, 0.1) is 0 Å². The molecule has 0 aromatic rings. The third-order valence-corrected chi connectivity index (χ3v) is 5.68. The van der Waals surface area contributed by atoms with Crippen molar-refractivity contribution in [1.29, 1.82) is 0 Å². The van der Waals surface area contributed by atoms with Crippen LogP contribution in [0.5, 0.6) is 0 Å². The van der Waals surface area contributed by atoms with Crippen LogP contribution in [-0.4, -0.2) is 26.4 Å². The van der Waals surface area contributed by atoms with E-state index in [1.165, 1.54) is 128 Å². The predicted molar refractivity (Wildman–Crippen MR) is 130 cm³/mol. The first-order chi connectivity index (χ1) is 14.4. The van der Waals surface area contributed by atoms with Crippen molar-refractivity contribution in [2.75, 3.05) is 26.4 Å². The van der Waals surface area contributed by atoms with Gasteiger partial charge in [-0.25, -0.2) is 0 Å². The molecule has 2 heteroatoms. The fraction of sp³-hybridized carbons (Fsp3) is 0.963. The first-order valence-electron chi connectivity index (χ1n) is 13.4. The minimum Gasteiger partial charge on any atom is -0.381 e. The van der Waals surface area contributed by atoms with Crippen molar-refractivity contribution in [1.82, 2.24) is 0 Å². The minimum absolute atomic E-state index is 0.974. The van der Waals surface area contributed by atoms with E-state index < -0.39 is 0 Å². The van der Waals surface area contributed by atoms with Crippen LogP contribution in [0.15, 0.2) is 0 Å². The maximum absolute atomic E-state index is 5.70. The van der Waals surface area contributed by atoms with Gasteiger partial charge in [0.15, 0.2) is 0 Å². The van der Waals surface area contributed by atoms with E-state index in [1.807, 2.05) is 0 Å². The SMILES string of the molecule is CCCCCCOCCCCCCC[CH]CCCCCCCOCCCCCC. The van der Waals surface area contributed by atoms with Crippen LogP contribution in [0.1, 0.15) is 142 Å². The third kappa shape index (κ3) is 27.9. The first-order valence-corrected chi connectivity index (χ1v) is 13.4. The number of rotatable bonds is 26. The third-order valence-electron chi connectivity index (χ3n) is 5.68. The summed E-state index contributed by atoms with van der Waals surface area (Å²) in [6.45, 7) is 8.42. The largest absolute Gasteiger partial charge is 0.381 e. The second kappa shape index (κ2) is 27.9. The normalized spacial score (nSPS) is 11.4. The summed E-state index contributed by atoms with van der Waals surface area (Å²) >= 11 is 0. The van der Waals surface area contributed by atoms with Gasteiger partial charge < -0.3 is 9.47 Å². The van der Waals surface area contributed by atoms with E-state index in [9.17, 15) is 0 Å². The Hall–Kier alpha value is -0.0800. The highest BCUT2D eigenvalue weighted by molar-refractivity contribution is 4.64. The lowest BCUT2D eigenvalue weighted by atomic mass is 10.0. The van der Waals surface area contributed by atoms with Gasteiger partial charge >= 0.3 is 0 Å². The van der Waals surface area contributed by atoms with Gasteiger partial charge in [0, 0.05) is 26.4 Å². The molecule has 29 heavy (non-hydrogen) atoms. The Morgan fingerprint density at radius 3 is 1.07 bits per heavy atom. The highest BCUT2D eigenvalue weighted by Gasteiger charge is 1.96. The number of hydrogen-bond donors (Lipinski definition) is 0. The smallest absolute Gasteiger partial charge is 0.0466 e. The molecule has 1 radical (unpaired) electrons. The molecule has 0 aliphatic rings. The van der Waals surface area contributed by atoms with Crippen molar-refractivity contribution in [2.45, 2.75) is 142 Å². The highest BCUT2D eigenvalue weighted by atomic mass is 16.5. The summed E-state index contributed by atoms with van der Waals surface area (Å²) in [6.07, 6.45) is 29.2. The summed E-state index contributed by atoms with van der Waals surface area (Å²) in [7, 11) is 0. The lowest BCUT2D eigenvalue weighted by Gasteiger charge is -2.05. The molecule has 0 aromatic heterocycles. The molecule has 0 bridgehead atoms. The van der Waals surface area contributed by atoms with Crippen LogP contribution in [0.25, 0.3) is 0 Å². The molecule has 2 nitrogen and oxygen atoms in total. The fourth-order valence-electron chi connectivity index (χ4n) is 3.66. The van der Waals surface area contributed by atoms with Crippen molar-refractivity contribution in [3.63, 3.8) is 0 Å². The van der Waals surface area contributed by atoms with Gasteiger partial charge in [-0.3, -0.25) is 0 Å². The Morgan fingerprint density at radius 2 is 0.690 bits per heavy atom. The summed E-state index contributed by atoms with van der Waals surface area (Å²) in [5.41, 5.74) is 0. The zero-order chi connectivity index (χ0) is 21.1. The van der Waals surface area contributed by atoms with Crippen molar-refractivity contribution in [3.05, 3.63) is 6.42 Å². The van der Waals surface area contributed by atoms with Gasteiger partial charge in [0.25, 0.3) is 0 Å². The van der Waals surface area contributed by atoms with Crippen molar-refractivity contribution in [3.8, 4) is 0 Å². The molecule has 0 unspecified atom stereocenters. The molecule has 0 aromatic carbocycles. The average molecular weight is 412 g/mol. The maximum atomic E-state index is 5.70. The molecule has 0 saturated heterocycles. The molecule has 0 atom stereocenters. The van der Waals surface area contributed by atoms with E-state index in [1.54, 1.807) is 0 Å². The van der Waals surface area contributed by atoms with E-state index in [2.05, 4.69) is 20.3 Å². The van der Waals surface area contributed by atoms with Crippen molar-refractivity contribution in [2.24, 2.45) is 0 Å². The minimum atomic E-state index is 0.974. The van der Waals surface area contributed by atoms with Crippen LogP contribution in [0, 0.1) is 6.42 Å². The zero-order valence-corrected chi connectivity index (χ0v) is 20.4. The standard InChI is InChI=1S/C27H55O2/c1-3-5-7-20-24-28-26-22-18-16-14-12-10-9-11-13-15-17-19-23-27-29-25-21-8-6-4-2/h9H,3-8,10-27H2,1-2H3. The number of unbranched alkanes of at least 4 members (excludes halogenated alkanes) is 18. The molecule has 0 N–H and O–H groups in total. The number of hydrogen-bond acceptors (Lipinski definition) is 2. The Morgan fingerprint density at radius 1 is 0.379 bits per heavy atom. The molecule has 0 fully saturated rings. The second-order valence-corrected chi connectivity index (χ2v) is 8.75. The predicted octanol–water partition coefficient (Wildman–Crippen LogP) is 9.07. The van der Waals surface area contributed by atoms with Crippen LogP contribution < -0.4 is 0 Å².